The summed E-state index contributed by atoms with van der Waals surface area (Å²) in [4.78, 5) is 24.1. The average molecular weight is 455 g/mol. The SMILES string of the molecule is Cc1cc(Nc2ncnc3cnc(N(C)C4COC4)nc23)ccc1Oc1ccn2ncnc2c1. The Hall–Kier alpha value is -4.38. The van der Waals surface area contributed by atoms with E-state index in [1.807, 2.05) is 55.4 Å². The van der Waals surface area contributed by atoms with Crippen molar-refractivity contribution in [3.63, 3.8) is 0 Å². The predicted molar refractivity (Wildman–Crippen MR) is 126 cm³/mol. The molecule has 1 aliphatic rings. The Labute approximate surface area is 194 Å². The summed E-state index contributed by atoms with van der Waals surface area (Å²) in [6, 6.07) is 9.82. The summed E-state index contributed by atoms with van der Waals surface area (Å²) in [5, 5.41) is 7.46. The molecule has 1 saturated heterocycles. The first kappa shape index (κ1) is 20.2. The van der Waals surface area contributed by atoms with Crippen LogP contribution in [0.15, 0.2) is 55.4 Å². The van der Waals surface area contributed by atoms with Crippen molar-refractivity contribution in [1.82, 2.24) is 34.5 Å². The fourth-order valence-electron chi connectivity index (χ4n) is 3.68. The molecule has 1 aromatic carbocycles. The lowest BCUT2D eigenvalue weighted by Gasteiger charge is -2.34. The van der Waals surface area contributed by atoms with Gasteiger partial charge in [-0.15, -0.1) is 0 Å². The maximum absolute atomic E-state index is 6.07. The van der Waals surface area contributed by atoms with Crippen molar-refractivity contribution in [2.45, 2.75) is 13.0 Å². The van der Waals surface area contributed by atoms with Gasteiger partial charge in [0.25, 0.3) is 0 Å². The number of rotatable bonds is 6. The van der Waals surface area contributed by atoms with E-state index >= 15 is 0 Å². The summed E-state index contributed by atoms with van der Waals surface area (Å²) in [5.74, 6) is 2.66. The number of nitrogens with zero attached hydrogens (tertiary/aromatic N) is 8. The lowest BCUT2D eigenvalue weighted by atomic mass is 10.2. The van der Waals surface area contributed by atoms with Gasteiger partial charge in [0.2, 0.25) is 5.95 Å². The average Bonchev–Trinajstić information content (AvgIpc) is 3.28. The van der Waals surface area contributed by atoms with Crippen molar-refractivity contribution in [3.8, 4) is 11.5 Å². The van der Waals surface area contributed by atoms with Crippen LogP contribution in [-0.2, 0) is 4.74 Å². The second-order valence-electron chi connectivity index (χ2n) is 8.06. The third-order valence-corrected chi connectivity index (χ3v) is 5.77. The number of aromatic nitrogens is 7. The third-order valence-electron chi connectivity index (χ3n) is 5.77. The van der Waals surface area contributed by atoms with Gasteiger partial charge in [0.1, 0.15) is 35.2 Å². The van der Waals surface area contributed by atoms with Crippen molar-refractivity contribution >= 4 is 34.1 Å². The first-order valence-electron chi connectivity index (χ1n) is 10.8. The van der Waals surface area contributed by atoms with E-state index in [-0.39, 0.29) is 6.04 Å². The van der Waals surface area contributed by atoms with Crippen LogP contribution < -0.4 is 15.0 Å². The summed E-state index contributed by atoms with van der Waals surface area (Å²) < 4.78 is 13.0. The van der Waals surface area contributed by atoms with Gasteiger partial charge in [-0.2, -0.15) is 5.10 Å². The minimum atomic E-state index is 0.277. The van der Waals surface area contributed by atoms with Crippen LogP contribution in [-0.4, -0.2) is 60.8 Å². The summed E-state index contributed by atoms with van der Waals surface area (Å²) in [6.07, 6.45) is 6.54. The molecule has 4 aromatic heterocycles. The molecular weight excluding hydrogens is 434 g/mol. The molecule has 34 heavy (non-hydrogen) atoms. The zero-order chi connectivity index (χ0) is 23.1. The highest BCUT2D eigenvalue weighted by molar-refractivity contribution is 5.87. The summed E-state index contributed by atoms with van der Waals surface area (Å²) in [5.41, 5.74) is 3.86. The first-order valence-corrected chi connectivity index (χ1v) is 10.8. The molecule has 0 atom stereocenters. The van der Waals surface area contributed by atoms with E-state index < -0.39 is 0 Å². The number of fused-ring (bicyclic) bond motifs is 2. The number of likely N-dealkylation sites (N-methyl/N-ethyl adjacent to an activating group) is 1. The Morgan fingerprint density at radius 2 is 2.00 bits per heavy atom. The molecule has 0 aliphatic carbocycles. The summed E-state index contributed by atoms with van der Waals surface area (Å²) >= 11 is 0. The minimum absolute atomic E-state index is 0.277. The Morgan fingerprint density at radius 3 is 2.82 bits per heavy atom. The molecule has 6 rings (SSSR count). The molecule has 0 radical (unpaired) electrons. The highest BCUT2D eigenvalue weighted by Gasteiger charge is 2.25. The molecule has 11 heteroatoms. The summed E-state index contributed by atoms with van der Waals surface area (Å²) in [6.45, 7) is 3.34. The molecule has 170 valence electrons. The van der Waals surface area contributed by atoms with E-state index in [1.54, 1.807) is 10.7 Å². The molecule has 0 unspecified atom stereocenters. The van der Waals surface area contributed by atoms with Gasteiger partial charge < -0.3 is 19.7 Å². The second-order valence-corrected chi connectivity index (χ2v) is 8.06. The van der Waals surface area contributed by atoms with Gasteiger partial charge in [0.15, 0.2) is 11.5 Å². The third kappa shape index (κ3) is 3.71. The molecule has 0 spiro atoms. The summed E-state index contributed by atoms with van der Waals surface area (Å²) in [7, 11) is 1.97. The standard InChI is InChI=1S/C23H21N9O2/c1-14-7-15(3-4-19(14)34-17-5-6-32-20(8-17)26-13-28-32)29-22-21-18(25-12-27-22)9-24-23(30-21)31(2)16-10-33-11-16/h3-9,12-13,16H,10-11H2,1-2H3,(H,25,27,29). The molecular formula is C23H21N9O2. The molecule has 5 heterocycles. The zero-order valence-corrected chi connectivity index (χ0v) is 18.6. The normalized spacial score (nSPS) is 13.7. The quantitative estimate of drug-likeness (QED) is 0.409. The minimum Gasteiger partial charge on any atom is -0.457 e. The largest absolute Gasteiger partial charge is 0.457 e. The fourth-order valence-corrected chi connectivity index (χ4v) is 3.68. The van der Waals surface area contributed by atoms with Gasteiger partial charge >= 0.3 is 0 Å². The topological polar surface area (TPSA) is 115 Å². The maximum atomic E-state index is 6.07. The van der Waals surface area contributed by atoms with Crippen LogP contribution in [0.5, 0.6) is 11.5 Å². The van der Waals surface area contributed by atoms with E-state index in [0.717, 1.165) is 22.6 Å². The van der Waals surface area contributed by atoms with Crippen LogP contribution in [0.1, 0.15) is 5.56 Å². The van der Waals surface area contributed by atoms with Gasteiger partial charge in [-0.3, -0.25) is 0 Å². The monoisotopic (exact) mass is 455 g/mol. The van der Waals surface area contributed by atoms with Gasteiger partial charge in [0.05, 0.1) is 25.5 Å². The number of hydrogen-bond acceptors (Lipinski definition) is 10. The van der Waals surface area contributed by atoms with E-state index in [9.17, 15) is 0 Å². The smallest absolute Gasteiger partial charge is 0.226 e. The van der Waals surface area contributed by atoms with Crippen LogP contribution >= 0.6 is 0 Å². The molecule has 0 saturated carbocycles. The van der Waals surface area contributed by atoms with E-state index in [0.29, 0.717) is 41.8 Å². The van der Waals surface area contributed by atoms with Crippen LogP contribution in [0, 0.1) is 6.92 Å². The molecule has 1 fully saturated rings. The lowest BCUT2D eigenvalue weighted by molar-refractivity contribution is 0.00963. The molecule has 5 aromatic rings. The number of hydrogen-bond donors (Lipinski definition) is 1. The molecule has 0 amide bonds. The van der Waals surface area contributed by atoms with Crippen LogP contribution in [0.2, 0.25) is 0 Å². The van der Waals surface area contributed by atoms with Gasteiger partial charge in [-0.05, 0) is 36.8 Å². The number of aryl methyl sites for hydroxylation is 1. The number of ether oxygens (including phenoxy) is 2. The van der Waals surface area contributed by atoms with Crippen molar-refractivity contribution in [1.29, 1.82) is 0 Å². The van der Waals surface area contributed by atoms with Gasteiger partial charge in [-0.1, -0.05) is 0 Å². The Morgan fingerprint density at radius 1 is 1.09 bits per heavy atom. The Balaban J connectivity index is 1.25. The molecule has 11 nitrogen and oxygen atoms in total. The van der Waals surface area contributed by atoms with Crippen molar-refractivity contribution in [3.05, 3.63) is 60.9 Å². The lowest BCUT2D eigenvalue weighted by Crippen LogP contribution is -2.47. The fraction of sp³-hybridized carbons (Fsp3) is 0.217. The zero-order valence-electron chi connectivity index (χ0n) is 18.6. The first-order chi connectivity index (χ1) is 16.6. The molecule has 0 bridgehead atoms. The van der Waals surface area contributed by atoms with Gasteiger partial charge in [-0.25, -0.2) is 29.4 Å². The van der Waals surface area contributed by atoms with Crippen molar-refractivity contribution < 1.29 is 9.47 Å². The number of pyridine rings is 1. The number of anilines is 3. The van der Waals surface area contributed by atoms with E-state index in [4.69, 9.17) is 14.5 Å². The van der Waals surface area contributed by atoms with E-state index in [1.165, 1.54) is 12.7 Å². The van der Waals surface area contributed by atoms with Crippen molar-refractivity contribution in [2.24, 2.45) is 0 Å². The second kappa shape index (κ2) is 8.19. The molecule has 1 aliphatic heterocycles. The number of nitrogens with one attached hydrogen (secondary N) is 1. The molecule has 1 N–H and O–H groups in total. The van der Waals surface area contributed by atoms with Crippen molar-refractivity contribution in [2.75, 3.05) is 30.5 Å². The van der Waals surface area contributed by atoms with Crippen LogP contribution in [0.3, 0.4) is 0 Å². The highest BCUT2D eigenvalue weighted by atomic mass is 16.5. The Bertz CT molecular complexity index is 1500. The maximum Gasteiger partial charge on any atom is 0.226 e. The van der Waals surface area contributed by atoms with Gasteiger partial charge in [0, 0.05) is 25.0 Å². The van der Waals surface area contributed by atoms with Crippen LogP contribution in [0.4, 0.5) is 17.5 Å². The Kier molecular flexibility index (Phi) is 4.88. The van der Waals surface area contributed by atoms with Crippen LogP contribution in [0.25, 0.3) is 16.7 Å². The number of benzene rings is 1. The van der Waals surface area contributed by atoms with E-state index in [2.05, 4.69) is 30.4 Å². The highest BCUT2D eigenvalue weighted by Crippen LogP contribution is 2.30. The predicted octanol–water partition coefficient (Wildman–Crippen LogP) is 3.14.